The summed E-state index contributed by atoms with van der Waals surface area (Å²) in [4.78, 5) is 36.0. The molecule has 2 aliphatic heterocycles. The number of imide groups is 1. The molecule has 3 amide bonds. The van der Waals surface area contributed by atoms with Crippen LogP contribution in [0.1, 0.15) is 18.2 Å². The number of carbonyl (C=O) groups is 2. The normalized spacial score (nSPS) is 21.3. The van der Waals surface area contributed by atoms with E-state index in [-0.39, 0.29) is 11.9 Å². The number of thioether (sulfide) groups is 1. The molecular formula is C15H17N4O2S2+. The number of aliphatic imine (C=N–C) groups is 2. The fourth-order valence-corrected chi connectivity index (χ4v) is 4.01. The minimum absolute atomic E-state index is 0.264. The number of hydrogen-bond donors (Lipinski definition) is 0. The SMILES string of the molecule is CCCSC1=NC(c2cccs2)=NC2=[N+](C)C(=O)N(C)C(=O)C12. The van der Waals surface area contributed by atoms with Gasteiger partial charge in [0.2, 0.25) is 5.84 Å². The molecule has 0 N–H and O–H groups in total. The summed E-state index contributed by atoms with van der Waals surface area (Å²) in [7, 11) is 3.15. The van der Waals surface area contributed by atoms with Crippen LogP contribution in [0.5, 0.6) is 0 Å². The van der Waals surface area contributed by atoms with Crippen molar-refractivity contribution in [1.29, 1.82) is 0 Å². The van der Waals surface area contributed by atoms with Gasteiger partial charge in [0, 0.05) is 0 Å². The van der Waals surface area contributed by atoms with Crippen molar-refractivity contribution in [2.75, 3.05) is 19.8 Å². The summed E-state index contributed by atoms with van der Waals surface area (Å²) in [6, 6.07) is 3.51. The van der Waals surface area contributed by atoms with E-state index in [0.717, 1.165) is 27.0 Å². The van der Waals surface area contributed by atoms with Gasteiger partial charge in [0.1, 0.15) is 5.04 Å². The molecule has 1 atom stereocenters. The van der Waals surface area contributed by atoms with Gasteiger partial charge >= 0.3 is 11.9 Å². The summed E-state index contributed by atoms with van der Waals surface area (Å²) in [5.41, 5.74) is 0. The third-order valence-corrected chi connectivity index (χ3v) is 5.73. The summed E-state index contributed by atoms with van der Waals surface area (Å²) in [5, 5.41) is 2.67. The van der Waals surface area contributed by atoms with Crippen molar-refractivity contribution in [3.63, 3.8) is 0 Å². The lowest BCUT2D eigenvalue weighted by Gasteiger charge is -2.26. The lowest BCUT2D eigenvalue weighted by Crippen LogP contribution is -2.54. The molecule has 0 saturated carbocycles. The van der Waals surface area contributed by atoms with Crippen molar-refractivity contribution in [3.05, 3.63) is 22.4 Å². The molecule has 8 heteroatoms. The lowest BCUT2D eigenvalue weighted by atomic mass is 10.0. The van der Waals surface area contributed by atoms with Crippen molar-refractivity contribution >= 4 is 51.8 Å². The van der Waals surface area contributed by atoms with Gasteiger partial charge in [-0.3, -0.25) is 4.79 Å². The largest absolute Gasteiger partial charge is 0.445 e. The number of amidine groups is 2. The van der Waals surface area contributed by atoms with Crippen LogP contribution in [0.2, 0.25) is 0 Å². The summed E-state index contributed by atoms with van der Waals surface area (Å²) in [5.74, 6) is 1.06. The molecule has 6 nitrogen and oxygen atoms in total. The molecular weight excluding hydrogens is 332 g/mol. The number of urea groups is 1. The molecule has 23 heavy (non-hydrogen) atoms. The van der Waals surface area contributed by atoms with Crippen LogP contribution < -0.4 is 0 Å². The first kappa shape index (κ1) is 16.1. The maximum atomic E-state index is 12.6. The maximum absolute atomic E-state index is 12.6. The van der Waals surface area contributed by atoms with Gasteiger partial charge in [0.25, 0.3) is 5.84 Å². The summed E-state index contributed by atoms with van der Waals surface area (Å²) in [6.45, 7) is 2.08. The molecule has 3 heterocycles. The van der Waals surface area contributed by atoms with Gasteiger partial charge in [-0.05, 0) is 23.6 Å². The number of fused-ring (bicyclic) bond motifs is 1. The monoisotopic (exact) mass is 349 g/mol. The van der Waals surface area contributed by atoms with Crippen LogP contribution >= 0.6 is 23.1 Å². The number of rotatable bonds is 3. The highest BCUT2D eigenvalue weighted by Crippen LogP contribution is 2.27. The Morgan fingerprint density at radius 2 is 2.17 bits per heavy atom. The Hall–Kier alpha value is -1.80. The van der Waals surface area contributed by atoms with E-state index >= 15 is 0 Å². The molecule has 0 aliphatic carbocycles. The highest BCUT2D eigenvalue weighted by molar-refractivity contribution is 8.14. The molecule has 1 unspecified atom stereocenters. The van der Waals surface area contributed by atoms with Crippen molar-refractivity contribution in [2.24, 2.45) is 15.9 Å². The number of hydrogen-bond acceptors (Lipinski definition) is 6. The molecule has 0 spiro atoms. The summed E-state index contributed by atoms with van der Waals surface area (Å²) < 4.78 is 1.45. The van der Waals surface area contributed by atoms with Crippen molar-refractivity contribution < 1.29 is 14.2 Å². The van der Waals surface area contributed by atoms with E-state index in [0.29, 0.717) is 11.7 Å². The Balaban J connectivity index is 2.13. The third-order valence-electron chi connectivity index (χ3n) is 3.63. The molecule has 0 saturated heterocycles. The van der Waals surface area contributed by atoms with Gasteiger partial charge in [0.15, 0.2) is 5.92 Å². The lowest BCUT2D eigenvalue weighted by molar-refractivity contribution is -0.407. The standard InChI is InChI=1S/C15H17N4O2S2/c1-4-7-23-13-10-12(18(2)15(21)19(3)14(10)20)16-11(17-13)9-6-5-8-22-9/h5-6,8,10H,4,7H2,1-3H3/q+1. The van der Waals surface area contributed by atoms with Crippen LogP contribution in [-0.2, 0) is 4.79 Å². The van der Waals surface area contributed by atoms with E-state index in [2.05, 4.69) is 16.9 Å². The Bertz CT molecular complexity index is 750. The van der Waals surface area contributed by atoms with Crippen LogP contribution in [0.3, 0.4) is 0 Å². The Morgan fingerprint density at radius 1 is 1.39 bits per heavy atom. The fraction of sp³-hybridized carbons (Fsp3) is 0.400. The first-order chi connectivity index (χ1) is 11.0. The number of nitrogens with zero attached hydrogens (tertiary/aromatic N) is 4. The van der Waals surface area contributed by atoms with Crippen LogP contribution in [0, 0.1) is 5.92 Å². The zero-order valence-corrected chi connectivity index (χ0v) is 14.8. The van der Waals surface area contributed by atoms with E-state index in [1.807, 2.05) is 17.5 Å². The molecule has 1 aromatic heterocycles. The number of thiophene rings is 1. The second-order valence-electron chi connectivity index (χ2n) is 5.24. The average molecular weight is 349 g/mol. The summed E-state index contributed by atoms with van der Waals surface area (Å²) >= 11 is 3.10. The number of amides is 3. The average Bonchev–Trinajstić information content (AvgIpc) is 3.09. The smallest absolute Gasteiger partial charge is 0.255 e. The minimum Gasteiger partial charge on any atom is -0.255 e. The van der Waals surface area contributed by atoms with Crippen LogP contribution in [0.4, 0.5) is 4.79 Å². The van der Waals surface area contributed by atoms with Gasteiger partial charge in [-0.25, -0.2) is 9.79 Å². The summed E-state index contributed by atoms with van der Waals surface area (Å²) in [6.07, 6.45) is 0.982. The maximum Gasteiger partial charge on any atom is 0.445 e. The first-order valence-corrected chi connectivity index (χ1v) is 9.17. The van der Waals surface area contributed by atoms with E-state index in [9.17, 15) is 9.59 Å². The van der Waals surface area contributed by atoms with Crippen molar-refractivity contribution in [2.45, 2.75) is 13.3 Å². The molecule has 0 aromatic carbocycles. The van der Waals surface area contributed by atoms with Gasteiger partial charge in [-0.15, -0.1) is 23.1 Å². The van der Waals surface area contributed by atoms with Gasteiger partial charge in [-0.1, -0.05) is 18.0 Å². The zero-order chi connectivity index (χ0) is 16.6. The zero-order valence-electron chi connectivity index (χ0n) is 13.1. The van der Waals surface area contributed by atoms with Gasteiger partial charge in [-0.2, -0.15) is 9.48 Å². The van der Waals surface area contributed by atoms with Crippen molar-refractivity contribution in [1.82, 2.24) is 4.90 Å². The topological polar surface area (TPSA) is 65.1 Å². The van der Waals surface area contributed by atoms with Crippen molar-refractivity contribution in [3.8, 4) is 0 Å². The van der Waals surface area contributed by atoms with Gasteiger partial charge in [0.05, 0.1) is 19.0 Å². The molecule has 120 valence electrons. The van der Waals surface area contributed by atoms with E-state index in [1.54, 1.807) is 18.8 Å². The van der Waals surface area contributed by atoms with Crippen LogP contribution in [0.15, 0.2) is 27.5 Å². The second-order valence-corrected chi connectivity index (χ2v) is 7.30. The fourth-order valence-electron chi connectivity index (χ4n) is 2.41. The predicted octanol–water partition coefficient (Wildman–Crippen LogP) is 2.30. The Morgan fingerprint density at radius 3 is 2.83 bits per heavy atom. The van der Waals surface area contributed by atoms with E-state index in [4.69, 9.17) is 0 Å². The first-order valence-electron chi connectivity index (χ1n) is 7.30. The Kier molecular flexibility index (Phi) is 4.45. The highest BCUT2D eigenvalue weighted by Gasteiger charge is 2.49. The quantitative estimate of drug-likeness (QED) is 0.787. The molecule has 3 rings (SSSR count). The molecule has 1 aromatic rings. The Labute approximate surface area is 142 Å². The van der Waals surface area contributed by atoms with Crippen LogP contribution in [0.25, 0.3) is 0 Å². The molecule has 2 aliphatic rings. The highest BCUT2D eigenvalue weighted by atomic mass is 32.2. The molecule has 0 radical (unpaired) electrons. The third kappa shape index (κ3) is 2.76. The second kappa shape index (κ2) is 6.37. The predicted molar refractivity (Wildman–Crippen MR) is 93.9 cm³/mol. The minimum atomic E-state index is -0.581. The van der Waals surface area contributed by atoms with Gasteiger partial charge < -0.3 is 0 Å². The number of carbonyl (C=O) groups excluding carboxylic acids is 2. The molecule has 0 bridgehead atoms. The van der Waals surface area contributed by atoms with E-state index in [1.165, 1.54) is 23.0 Å². The van der Waals surface area contributed by atoms with Crippen LogP contribution in [-0.4, -0.2) is 58.0 Å². The van der Waals surface area contributed by atoms with E-state index < -0.39 is 5.92 Å². The molecule has 0 fully saturated rings.